The molecule has 6 heteroatoms. The summed E-state index contributed by atoms with van der Waals surface area (Å²) in [5.74, 6) is -1.85. The molecule has 0 fully saturated rings. The van der Waals surface area contributed by atoms with E-state index >= 15 is 0 Å². The number of hydrogen-bond donors (Lipinski definition) is 2. The molecule has 0 saturated carbocycles. The molecule has 12 heavy (non-hydrogen) atoms. The van der Waals surface area contributed by atoms with Gasteiger partial charge in [-0.1, -0.05) is 0 Å². The fourth-order valence-corrected chi connectivity index (χ4v) is 0.559. The number of carbonyl (C=O) groups is 1. The van der Waals surface area contributed by atoms with E-state index in [9.17, 15) is 9.90 Å². The number of carboxylic acid groups (broad SMARTS) is 1. The van der Waals surface area contributed by atoms with Crippen LogP contribution in [0.5, 0.6) is 0 Å². The molecule has 1 aromatic heterocycles. The zero-order valence-electron chi connectivity index (χ0n) is 6.61. The van der Waals surface area contributed by atoms with Crippen molar-refractivity contribution >= 4 is 5.97 Å². The molecule has 0 aliphatic carbocycles. The largest absolute Gasteiger partial charge is 0.475 e. The molecule has 0 aliphatic rings. The smallest absolute Gasteiger partial charge is 0.377 e. The van der Waals surface area contributed by atoms with Gasteiger partial charge in [0.1, 0.15) is 5.60 Å². The van der Waals surface area contributed by atoms with Gasteiger partial charge in [0.05, 0.1) is 0 Å². The van der Waals surface area contributed by atoms with Crippen molar-refractivity contribution in [3.8, 4) is 0 Å². The SMILES string of the molecule is CC(C)(O)c1nc(C(=O)O)no1. The lowest BCUT2D eigenvalue weighted by Crippen LogP contribution is -2.16. The van der Waals surface area contributed by atoms with Crippen molar-refractivity contribution in [1.82, 2.24) is 10.1 Å². The van der Waals surface area contributed by atoms with Crippen molar-refractivity contribution < 1.29 is 19.5 Å². The van der Waals surface area contributed by atoms with Crippen LogP contribution in [0.1, 0.15) is 30.4 Å². The highest BCUT2D eigenvalue weighted by atomic mass is 16.5. The van der Waals surface area contributed by atoms with Crippen LogP contribution in [-0.2, 0) is 5.60 Å². The summed E-state index contributed by atoms with van der Waals surface area (Å²) in [4.78, 5) is 13.7. The van der Waals surface area contributed by atoms with E-state index in [2.05, 4.69) is 14.7 Å². The molecule has 0 radical (unpaired) electrons. The van der Waals surface area contributed by atoms with Crippen LogP contribution in [0, 0.1) is 0 Å². The van der Waals surface area contributed by atoms with Crippen molar-refractivity contribution in [2.45, 2.75) is 19.4 Å². The minimum absolute atomic E-state index is 0.111. The Kier molecular flexibility index (Phi) is 1.85. The zero-order valence-corrected chi connectivity index (χ0v) is 6.61. The van der Waals surface area contributed by atoms with E-state index in [0.717, 1.165) is 0 Å². The second-order valence-electron chi connectivity index (χ2n) is 2.79. The fraction of sp³-hybridized carbons (Fsp3) is 0.500. The second kappa shape index (κ2) is 2.56. The van der Waals surface area contributed by atoms with Crippen molar-refractivity contribution in [3.63, 3.8) is 0 Å². The first-order valence-corrected chi connectivity index (χ1v) is 3.21. The molecule has 6 nitrogen and oxygen atoms in total. The molecule has 66 valence electrons. The number of nitrogens with zero attached hydrogens (tertiary/aromatic N) is 2. The molecule has 0 saturated heterocycles. The first-order chi connectivity index (χ1) is 5.41. The van der Waals surface area contributed by atoms with Crippen molar-refractivity contribution in [1.29, 1.82) is 0 Å². The van der Waals surface area contributed by atoms with Crippen LogP contribution in [0.25, 0.3) is 0 Å². The predicted molar refractivity (Wildman–Crippen MR) is 36.5 cm³/mol. The van der Waals surface area contributed by atoms with Crippen LogP contribution in [0.3, 0.4) is 0 Å². The Hall–Kier alpha value is -1.43. The first-order valence-electron chi connectivity index (χ1n) is 3.21. The first kappa shape index (κ1) is 8.66. The Bertz CT molecular complexity index is 299. The number of hydrogen-bond acceptors (Lipinski definition) is 5. The van der Waals surface area contributed by atoms with Crippen LogP contribution < -0.4 is 0 Å². The maximum atomic E-state index is 10.3. The summed E-state index contributed by atoms with van der Waals surface area (Å²) in [6.45, 7) is 2.85. The lowest BCUT2D eigenvalue weighted by Gasteiger charge is -2.09. The van der Waals surface area contributed by atoms with Crippen molar-refractivity contribution in [2.24, 2.45) is 0 Å². The molecule has 2 N–H and O–H groups in total. The van der Waals surface area contributed by atoms with E-state index in [4.69, 9.17) is 5.11 Å². The average molecular weight is 172 g/mol. The lowest BCUT2D eigenvalue weighted by molar-refractivity contribution is 0.0420. The standard InChI is InChI=1S/C6H8N2O4/c1-6(2,11)5-7-3(4(9)10)8-12-5/h11H,1-2H3,(H,9,10). The van der Waals surface area contributed by atoms with Gasteiger partial charge in [0.2, 0.25) is 0 Å². The summed E-state index contributed by atoms with van der Waals surface area (Å²) in [5, 5.41) is 20.8. The van der Waals surface area contributed by atoms with Crippen LogP contribution >= 0.6 is 0 Å². The van der Waals surface area contributed by atoms with E-state index in [1.54, 1.807) is 0 Å². The molecule has 0 aromatic carbocycles. The summed E-state index contributed by atoms with van der Waals surface area (Å²) in [7, 11) is 0. The van der Waals surface area contributed by atoms with Gasteiger partial charge in [-0.25, -0.2) is 4.79 Å². The summed E-state index contributed by atoms with van der Waals surface area (Å²) < 4.78 is 4.50. The Morgan fingerprint density at radius 1 is 1.58 bits per heavy atom. The van der Waals surface area contributed by atoms with E-state index in [0.29, 0.717) is 0 Å². The molecule has 0 atom stereocenters. The van der Waals surface area contributed by atoms with E-state index in [1.807, 2.05) is 0 Å². The summed E-state index contributed by atoms with van der Waals surface area (Å²) in [6, 6.07) is 0. The molecule has 0 aliphatic heterocycles. The molecular formula is C6H8N2O4. The van der Waals surface area contributed by atoms with Crippen LogP contribution in [0.4, 0.5) is 0 Å². The maximum Gasteiger partial charge on any atom is 0.377 e. The van der Waals surface area contributed by atoms with Gasteiger partial charge in [0, 0.05) is 0 Å². The monoisotopic (exact) mass is 172 g/mol. The fourth-order valence-electron chi connectivity index (χ4n) is 0.559. The highest BCUT2D eigenvalue weighted by Gasteiger charge is 2.25. The molecule has 0 unspecified atom stereocenters. The molecule has 1 rings (SSSR count). The molecular weight excluding hydrogens is 164 g/mol. The second-order valence-corrected chi connectivity index (χ2v) is 2.79. The van der Waals surface area contributed by atoms with E-state index in [-0.39, 0.29) is 5.89 Å². The van der Waals surface area contributed by atoms with Crippen LogP contribution in [0.15, 0.2) is 4.52 Å². The third-order valence-corrected chi connectivity index (χ3v) is 1.14. The quantitative estimate of drug-likeness (QED) is 0.651. The van der Waals surface area contributed by atoms with Gasteiger partial charge >= 0.3 is 5.97 Å². The highest BCUT2D eigenvalue weighted by molar-refractivity contribution is 5.82. The number of aliphatic hydroxyl groups is 1. The van der Waals surface area contributed by atoms with Crippen molar-refractivity contribution in [2.75, 3.05) is 0 Å². The van der Waals surface area contributed by atoms with E-state index < -0.39 is 17.4 Å². The van der Waals surface area contributed by atoms with Gasteiger partial charge in [0.15, 0.2) is 0 Å². The normalized spacial score (nSPS) is 11.6. The minimum Gasteiger partial charge on any atom is -0.475 e. The molecule has 1 heterocycles. The third kappa shape index (κ3) is 1.59. The number of rotatable bonds is 2. The van der Waals surface area contributed by atoms with Gasteiger partial charge in [-0.2, -0.15) is 4.98 Å². The summed E-state index contributed by atoms with van der Waals surface area (Å²) in [6.07, 6.45) is 0. The zero-order chi connectivity index (χ0) is 9.35. The molecule has 0 amide bonds. The van der Waals surface area contributed by atoms with E-state index in [1.165, 1.54) is 13.8 Å². The molecule has 0 spiro atoms. The Morgan fingerprint density at radius 3 is 2.42 bits per heavy atom. The van der Waals surface area contributed by atoms with Gasteiger partial charge in [0.25, 0.3) is 11.7 Å². The predicted octanol–water partition coefficient (Wildman–Crippen LogP) is -0.00480. The Morgan fingerprint density at radius 2 is 2.17 bits per heavy atom. The highest BCUT2D eigenvalue weighted by Crippen LogP contribution is 2.16. The third-order valence-electron chi connectivity index (χ3n) is 1.14. The Labute approximate surface area is 67.8 Å². The van der Waals surface area contributed by atoms with Gasteiger partial charge in [-0.15, -0.1) is 0 Å². The minimum atomic E-state index is -1.30. The van der Waals surface area contributed by atoms with Gasteiger partial charge < -0.3 is 14.7 Å². The van der Waals surface area contributed by atoms with Crippen LogP contribution in [-0.4, -0.2) is 26.3 Å². The summed E-state index contributed by atoms with van der Waals surface area (Å²) in [5.41, 5.74) is -1.30. The average Bonchev–Trinajstić information content (AvgIpc) is 2.30. The molecule has 0 bridgehead atoms. The maximum absolute atomic E-state index is 10.3. The topological polar surface area (TPSA) is 96.5 Å². The van der Waals surface area contributed by atoms with Gasteiger partial charge in [-0.05, 0) is 19.0 Å². The number of aromatic nitrogens is 2. The van der Waals surface area contributed by atoms with Crippen LogP contribution in [0.2, 0.25) is 0 Å². The van der Waals surface area contributed by atoms with Gasteiger partial charge in [-0.3, -0.25) is 0 Å². The number of carboxylic acids is 1. The Balaban J connectivity index is 3.00. The molecule has 1 aromatic rings. The lowest BCUT2D eigenvalue weighted by atomic mass is 10.1. The number of aromatic carboxylic acids is 1. The van der Waals surface area contributed by atoms with Crippen molar-refractivity contribution in [3.05, 3.63) is 11.7 Å². The summed E-state index contributed by atoms with van der Waals surface area (Å²) >= 11 is 0.